The van der Waals surface area contributed by atoms with Crippen molar-refractivity contribution in [2.45, 2.75) is 19.0 Å². The zero-order valence-corrected chi connectivity index (χ0v) is 10.3. The SMILES string of the molecule is Cl.O=C(NCc1ccncc1)NC1CCNC1. The number of hydrogen-bond acceptors (Lipinski definition) is 3. The summed E-state index contributed by atoms with van der Waals surface area (Å²) in [4.78, 5) is 15.4. The lowest BCUT2D eigenvalue weighted by atomic mass is 10.2. The highest BCUT2D eigenvalue weighted by Gasteiger charge is 2.15. The first-order valence-electron chi connectivity index (χ1n) is 5.48. The maximum Gasteiger partial charge on any atom is 0.315 e. The van der Waals surface area contributed by atoms with E-state index in [9.17, 15) is 4.79 Å². The number of carbonyl (C=O) groups is 1. The second kappa shape index (κ2) is 7.09. The highest BCUT2D eigenvalue weighted by Crippen LogP contribution is 1.97. The summed E-state index contributed by atoms with van der Waals surface area (Å²) in [7, 11) is 0. The number of nitrogens with one attached hydrogen (secondary N) is 3. The predicted molar refractivity (Wildman–Crippen MR) is 68.1 cm³/mol. The molecule has 6 heteroatoms. The predicted octanol–water partition coefficient (Wildman–Crippen LogP) is 0.664. The Morgan fingerprint density at radius 2 is 2.24 bits per heavy atom. The van der Waals surface area contributed by atoms with Crippen molar-refractivity contribution < 1.29 is 4.79 Å². The maximum absolute atomic E-state index is 11.5. The van der Waals surface area contributed by atoms with Crippen LogP contribution in [0.5, 0.6) is 0 Å². The van der Waals surface area contributed by atoms with Gasteiger partial charge >= 0.3 is 6.03 Å². The summed E-state index contributed by atoms with van der Waals surface area (Å²) in [6.45, 7) is 2.38. The molecular weight excluding hydrogens is 240 g/mol. The third kappa shape index (κ3) is 4.58. The summed E-state index contributed by atoms with van der Waals surface area (Å²) >= 11 is 0. The van der Waals surface area contributed by atoms with E-state index in [0.29, 0.717) is 6.54 Å². The molecule has 1 fully saturated rings. The summed E-state index contributed by atoms with van der Waals surface area (Å²) in [5, 5.41) is 8.94. The number of hydrogen-bond donors (Lipinski definition) is 3. The molecule has 2 heterocycles. The summed E-state index contributed by atoms with van der Waals surface area (Å²) < 4.78 is 0. The molecule has 0 spiro atoms. The van der Waals surface area contributed by atoms with Crippen molar-refractivity contribution in [3.05, 3.63) is 30.1 Å². The summed E-state index contributed by atoms with van der Waals surface area (Å²) in [6.07, 6.45) is 4.44. The molecule has 94 valence electrons. The van der Waals surface area contributed by atoms with Gasteiger partial charge in [0.05, 0.1) is 0 Å². The average molecular weight is 257 g/mol. The molecule has 1 aliphatic rings. The number of nitrogens with zero attached hydrogens (tertiary/aromatic N) is 1. The molecule has 5 nitrogen and oxygen atoms in total. The van der Waals surface area contributed by atoms with Crippen LogP contribution in [0.2, 0.25) is 0 Å². The van der Waals surface area contributed by atoms with Crippen molar-refractivity contribution in [2.24, 2.45) is 0 Å². The van der Waals surface area contributed by atoms with Crippen LogP contribution in [0.15, 0.2) is 24.5 Å². The van der Waals surface area contributed by atoms with Gasteiger partial charge in [0.1, 0.15) is 0 Å². The quantitative estimate of drug-likeness (QED) is 0.745. The van der Waals surface area contributed by atoms with Crippen LogP contribution in [0.25, 0.3) is 0 Å². The van der Waals surface area contributed by atoms with Gasteiger partial charge in [0.25, 0.3) is 0 Å². The van der Waals surface area contributed by atoms with E-state index in [4.69, 9.17) is 0 Å². The Hall–Kier alpha value is -1.33. The number of pyridine rings is 1. The van der Waals surface area contributed by atoms with Crippen LogP contribution in [0.1, 0.15) is 12.0 Å². The largest absolute Gasteiger partial charge is 0.334 e. The smallest absolute Gasteiger partial charge is 0.315 e. The molecule has 2 rings (SSSR count). The van der Waals surface area contributed by atoms with E-state index in [-0.39, 0.29) is 24.5 Å². The molecule has 0 bridgehead atoms. The first-order valence-corrected chi connectivity index (χ1v) is 5.48. The molecule has 17 heavy (non-hydrogen) atoms. The minimum Gasteiger partial charge on any atom is -0.334 e. The molecule has 1 atom stereocenters. The van der Waals surface area contributed by atoms with E-state index < -0.39 is 0 Å². The molecule has 0 aromatic carbocycles. The summed E-state index contributed by atoms with van der Waals surface area (Å²) in [5.74, 6) is 0. The lowest BCUT2D eigenvalue weighted by Crippen LogP contribution is -2.42. The Labute approximate surface area is 107 Å². The van der Waals surface area contributed by atoms with Crippen LogP contribution in [0.4, 0.5) is 4.79 Å². The normalized spacial score (nSPS) is 18.2. The Bertz CT molecular complexity index is 341. The highest BCUT2D eigenvalue weighted by atomic mass is 35.5. The van der Waals surface area contributed by atoms with Crippen LogP contribution in [-0.4, -0.2) is 30.1 Å². The number of rotatable bonds is 3. The van der Waals surface area contributed by atoms with Gasteiger partial charge in [0, 0.05) is 31.5 Å². The fourth-order valence-corrected chi connectivity index (χ4v) is 1.70. The first kappa shape index (κ1) is 13.7. The molecular formula is C11H17ClN4O. The van der Waals surface area contributed by atoms with Gasteiger partial charge in [0.2, 0.25) is 0 Å². The zero-order chi connectivity index (χ0) is 11.2. The number of halogens is 1. The van der Waals surface area contributed by atoms with Gasteiger partial charge in [-0.05, 0) is 30.7 Å². The van der Waals surface area contributed by atoms with Crippen molar-refractivity contribution in [3.8, 4) is 0 Å². The van der Waals surface area contributed by atoms with E-state index in [0.717, 1.165) is 25.1 Å². The van der Waals surface area contributed by atoms with Gasteiger partial charge in [-0.2, -0.15) is 0 Å². The number of urea groups is 1. The van der Waals surface area contributed by atoms with Gasteiger partial charge in [-0.15, -0.1) is 12.4 Å². The Morgan fingerprint density at radius 3 is 2.88 bits per heavy atom. The van der Waals surface area contributed by atoms with Crippen molar-refractivity contribution in [1.29, 1.82) is 0 Å². The minimum atomic E-state index is -0.106. The van der Waals surface area contributed by atoms with Gasteiger partial charge < -0.3 is 16.0 Å². The third-order valence-electron chi connectivity index (χ3n) is 2.60. The Balaban J connectivity index is 0.00000144. The van der Waals surface area contributed by atoms with Crippen molar-refractivity contribution in [2.75, 3.05) is 13.1 Å². The lowest BCUT2D eigenvalue weighted by molar-refractivity contribution is 0.237. The third-order valence-corrected chi connectivity index (χ3v) is 2.60. The van der Waals surface area contributed by atoms with E-state index in [1.807, 2.05) is 12.1 Å². The van der Waals surface area contributed by atoms with Gasteiger partial charge in [0.15, 0.2) is 0 Å². The second-order valence-electron chi connectivity index (χ2n) is 3.87. The minimum absolute atomic E-state index is 0. The second-order valence-corrected chi connectivity index (χ2v) is 3.87. The molecule has 1 saturated heterocycles. The van der Waals surface area contributed by atoms with Crippen molar-refractivity contribution >= 4 is 18.4 Å². The summed E-state index contributed by atoms with van der Waals surface area (Å²) in [5.41, 5.74) is 1.05. The van der Waals surface area contributed by atoms with Gasteiger partial charge in [-0.1, -0.05) is 0 Å². The number of carbonyl (C=O) groups excluding carboxylic acids is 1. The van der Waals surface area contributed by atoms with E-state index >= 15 is 0 Å². The molecule has 0 aliphatic carbocycles. The molecule has 0 radical (unpaired) electrons. The van der Waals surface area contributed by atoms with Crippen LogP contribution in [-0.2, 0) is 6.54 Å². The molecule has 1 aromatic heterocycles. The fraction of sp³-hybridized carbons (Fsp3) is 0.455. The Morgan fingerprint density at radius 1 is 1.47 bits per heavy atom. The molecule has 0 saturated carbocycles. The van der Waals surface area contributed by atoms with E-state index in [2.05, 4.69) is 20.9 Å². The maximum atomic E-state index is 11.5. The van der Waals surface area contributed by atoms with E-state index in [1.165, 1.54) is 0 Å². The first-order chi connectivity index (χ1) is 7.84. The summed E-state index contributed by atoms with van der Waals surface area (Å²) in [6, 6.07) is 3.93. The molecule has 2 amide bonds. The zero-order valence-electron chi connectivity index (χ0n) is 9.48. The number of amides is 2. The Kier molecular flexibility index (Phi) is 5.72. The molecule has 1 aromatic rings. The van der Waals surface area contributed by atoms with Crippen molar-refractivity contribution in [1.82, 2.24) is 20.9 Å². The lowest BCUT2D eigenvalue weighted by Gasteiger charge is -2.12. The fourth-order valence-electron chi connectivity index (χ4n) is 1.70. The molecule has 1 aliphatic heterocycles. The molecule has 1 unspecified atom stereocenters. The van der Waals surface area contributed by atoms with Crippen LogP contribution in [0, 0.1) is 0 Å². The van der Waals surface area contributed by atoms with Gasteiger partial charge in [-0.3, -0.25) is 4.98 Å². The van der Waals surface area contributed by atoms with E-state index in [1.54, 1.807) is 12.4 Å². The topological polar surface area (TPSA) is 66.0 Å². The standard InChI is InChI=1S/C11H16N4O.ClH/c16-11(15-10-3-6-13-8-10)14-7-9-1-4-12-5-2-9;/h1-2,4-5,10,13H,3,6-8H2,(H2,14,15,16);1H. The van der Waals surface area contributed by atoms with Crippen LogP contribution in [0.3, 0.4) is 0 Å². The van der Waals surface area contributed by atoms with Gasteiger partial charge in [-0.25, -0.2) is 4.79 Å². The van der Waals surface area contributed by atoms with Crippen LogP contribution >= 0.6 is 12.4 Å². The molecule has 3 N–H and O–H groups in total. The van der Waals surface area contributed by atoms with Crippen molar-refractivity contribution in [3.63, 3.8) is 0 Å². The van der Waals surface area contributed by atoms with Crippen LogP contribution < -0.4 is 16.0 Å². The monoisotopic (exact) mass is 256 g/mol. The average Bonchev–Trinajstić information content (AvgIpc) is 2.81. The number of aromatic nitrogens is 1. The highest BCUT2D eigenvalue weighted by molar-refractivity contribution is 5.85.